The van der Waals surface area contributed by atoms with Gasteiger partial charge in [0.15, 0.2) is 12.3 Å². The Labute approximate surface area is 399 Å². The molecule has 4 saturated heterocycles. The number of fused-ring (bicyclic) bond motifs is 4. The molecule has 2 amide bonds. The number of aliphatic hydroxyl groups is 5. The van der Waals surface area contributed by atoms with Crippen LogP contribution in [0, 0.1) is 5.41 Å². The lowest BCUT2D eigenvalue weighted by atomic mass is 9.62. The summed E-state index contributed by atoms with van der Waals surface area (Å²) in [5.41, 5.74) is 0.412. The predicted molar refractivity (Wildman–Crippen MR) is 241 cm³/mol. The first-order valence-corrected chi connectivity index (χ1v) is 23.3. The Morgan fingerprint density at radius 1 is 0.884 bits per heavy atom. The molecule has 4 heterocycles. The second-order valence-corrected chi connectivity index (χ2v) is 18.9. The summed E-state index contributed by atoms with van der Waals surface area (Å²) in [7, 11) is 0. The minimum atomic E-state index is -1.60. The molecule has 19 nitrogen and oxygen atoms in total. The minimum Gasteiger partial charge on any atom is -0.460 e. The molecule has 5 aliphatic rings. The lowest BCUT2D eigenvalue weighted by Crippen LogP contribution is -2.69. The molecule has 1 aliphatic carbocycles. The van der Waals surface area contributed by atoms with E-state index in [0.29, 0.717) is 22.3 Å². The Kier molecular flexibility index (Phi) is 15.3. The fourth-order valence-corrected chi connectivity index (χ4v) is 9.88. The van der Waals surface area contributed by atoms with Gasteiger partial charge in [0.1, 0.15) is 59.8 Å². The van der Waals surface area contributed by atoms with E-state index in [-0.39, 0.29) is 45.4 Å². The number of benzene rings is 3. The van der Waals surface area contributed by atoms with Crippen molar-refractivity contribution in [1.29, 1.82) is 0 Å². The van der Waals surface area contributed by atoms with Gasteiger partial charge in [-0.25, -0.2) is 0 Å². The number of ether oxygens (including phenoxy) is 6. The van der Waals surface area contributed by atoms with Crippen molar-refractivity contribution in [2.24, 2.45) is 5.41 Å². The smallest absolute Gasteiger partial charge is 0.327 e. The van der Waals surface area contributed by atoms with E-state index in [1.807, 2.05) is 78.9 Å². The SMILES string of the molecule is CC(C)(C)OC(=O)CCC(CO)NC(=O)CCNC(=O)C12CC3OC(=O)C1N(Cc1ccccc1C=CCOC1OC(CO)C(O)C(O)C1O)OC2C1OC(c2ccccc2)(c2ccccc2)OC31. The van der Waals surface area contributed by atoms with Crippen LogP contribution in [0.15, 0.2) is 91.0 Å². The van der Waals surface area contributed by atoms with E-state index in [1.165, 1.54) is 5.06 Å². The van der Waals surface area contributed by atoms with Crippen molar-refractivity contribution in [1.82, 2.24) is 15.7 Å². The van der Waals surface area contributed by atoms with Gasteiger partial charge in [0, 0.05) is 36.9 Å². The average molecular weight is 960 g/mol. The first-order valence-electron chi connectivity index (χ1n) is 23.3. The summed E-state index contributed by atoms with van der Waals surface area (Å²) in [6, 6.07) is 23.9. The fraction of sp³-hybridized carbons (Fsp3) is 0.520. The Balaban J connectivity index is 1.04. The van der Waals surface area contributed by atoms with Crippen LogP contribution in [0.1, 0.15) is 68.7 Å². The normalized spacial score (nSPS) is 30.9. The van der Waals surface area contributed by atoms with Crippen LogP contribution in [0.25, 0.3) is 6.08 Å². The highest BCUT2D eigenvalue weighted by atomic mass is 16.8. The van der Waals surface area contributed by atoms with Gasteiger partial charge in [-0.1, -0.05) is 97.1 Å². The average Bonchev–Trinajstić information content (AvgIpc) is 3.92. The molecule has 4 aliphatic heterocycles. The zero-order valence-corrected chi connectivity index (χ0v) is 38.6. The largest absolute Gasteiger partial charge is 0.460 e. The maximum absolute atomic E-state index is 15.0. The topological polar surface area (TPSA) is 261 Å². The van der Waals surface area contributed by atoms with E-state index < -0.39 is 121 Å². The molecule has 3 aromatic rings. The Bertz CT molecular complexity index is 2270. The number of hydroxylamine groups is 2. The highest BCUT2D eigenvalue weighted by molar-refractivity contribution is 5.94. The van der Waals surface area contributed by atoms with Gasteiger partial charge in [0.2, 0.25) is 17.6 Å². The molecule has 0 radical (unpaired) electrons. The van der Waals surface area contributed by atoms with Gasteiger partial charge >= 0.3 is 11.9 Å². The van der Waals surface area contributed by atoms with E-state index in [2.05, 4.69) is 10.6 Å². The molecule has 5 fully saturated rings. The van der Waals surface area contributed by atoms with Crippen LogP contribution in [-0.2, 0) is 64.8 Å². The number of carbonyl (C=O) groups excluding carboxylic acids is 4. The fourth-order valence-electron chi connectivity index (χ4n) is 9.88. The van der Waals surface area contributed by atoms with E-state index in [9.17, 15) is 39.9 Å². The maximum atomic E-state index is 15.0. The summed E-state index contributed by atoms with van der Waals surface area (Å²) in [4.78, 5) is 61.8. The number of carbonyl (C=O) groups is 4. The summed E-state index contributed by atoms with van der Waals surface area (Å²) < 4.78 is 36.7. The molecule has 69 heavy (non-hydrogen) atoms. The third-order valence-corrected chi connectivity index (χ3v) is 13.1. The third-order valence-electron chi connectivity index (χ3n) is 13.1. The highest BCUT2D eigenvalue weighted by Crippen LogP contribution is 2.59. The number of aliphatic hydroxyl groups excluding tert-OH is 5. The molecule has 8 rings (SSSR count). The van der Waals surface area contributed by atoms with Crippen molar-refractivity contribution in [3.63, 3.8) is 0 Å². The number of rotatable bonds is 18. The monoisotopic (exact) mass is 959 g/mol. The molecule has 12 unspecified atom stereocenters. The summed E-state index contributed by atoms with van der Waals surface area (Å²) in [6.07, 6.45) is -7.72. The van der Waals surface area contributed by atoms with Gasteiger partial charge in [-0.2, -0.15) is 5.06 Å². The van der Waals surface area contributed by atoms with Gasteiger partial charge in [-0.3, -0.25) is 24.0 Å². The minimum absolute atomic E-state index is 0.000875. The molecule has 12 atom stereocenters. The summed E-state index contributed by atoms with van der Waals surface area (Å²) in [5, 5.41) is 57.4. The molecule has 372 valence electrons. The van der Waals surface area contributed by atoms with Crippen LogP contribution >= 0.6 is 0 Å². The third kappa shape index (κ3) is 10.4. The number of nitrogens with zero attached hydrogens (tertiary/aromatic N) is 1. The zero-order valence-electron chi connectivity index (χ0n) is 38.6. The molecule has 1 saturated carbocycles. The molecule has 19 heteroatoms. The molecule has 2 bridgehead atoms. The first-order chi connectivity index (χ1) is 33.1. The predicted octanol–water partition coefficient (Wildman–Crippen LogP) is 1.11. The summed E-state index contributed by atoms with van der Waals surface area (Å²) >= 11 is 0. The molecule has 0 aromatic heterocycles. The number of amides is 2. The summed E-state index contributed by atoms with van der Waals surface area (Å²) in [5.74, 6) is -3.69. The second kappa shape index (κ2) is 21.1. The van der Waals surface area contributed by atoms with Crippen molar-refractivity contribution < 1.29 is 78.0 Å². The van der Waals surface area contributed by atoms with E-state index in [0.717, 1.165) is 0 Å². The zero-order chi connectivity index (χ0) is 49.1. The van der Waals surface area contributed by atoms with Crippen LogP contribution < -0.4 is 10.6 Å². The number of esters is 2. The van der Waals surface area contributed by atoms with Crippen molar-refractivity contribution in [2.75, 3.05) is 26.4 Å². The van der Waals surface area contributed by atoms with Gasteiger partial charge in [-0.15, -0.1) is 0 Å². The van der Waals surface area contributed by atoms with E-state index in [4.69, 9.17) is 33.3 Å². The Morgan fingerprint density at radius 2 is 1.55 bits per heavy atom. The van der Waals surface area contributed by atoms with Crippen LogP contribution in [0.2, 0.25) is 0 Å². The van der Waals surface area contributed by atoms with Gasteiger partial charge in [0.25, 0.3) is 0 Å². The maximum Gasteiger partial charge on any atom is 0.327 e. The first kappa shape index (κ1) is 50.2. The second-order valence-electron chi connectivity index (χ2n) is 18.9. The Morgan fingerprint density at radius 3 is 2.22 bits per heavy atom. The molecule has 7 N–H and O–H groups in total. The van der Waals surface area contributed by atoms with Crippen molar-refractivity contribution in [2.45, 2.75) is 132 Å². The van der Waals surface area contributed by atoms with Gasteiger partial charge in [-0.05, 0) is 38.3 Å². The lowest BCUT2D eigenvalue weighted by molar-refractivity contribution is -0.298. The van der Waals surface area contributed by atoms with Gasteiger partial charge < -0.3 is 64.6 Å². The number of hydrogen-bond acceptors (Lipinski definition) is 17. The molecule has 3 aromatic carbocycles. The van der Waals surface area contributed by atoms with Crippen molar-refractivity contribution in [3.8, 4) is 0 Å². The number of hydrogen-bond donors (Lipinski definition) is 7. The Hall–Kier alpha value is -5.16. The quantitative estimate of drug-likeness (QED) is 0.0881. The van der Waals surface area contributed by atoms with Gasteiger partial charge in [0.05, 0.1) is 32.4 Å². The van der Waals surface area contributed by atoms with E-state index in [1.54, 1.807) is 39.0 Å². The van der Waals surface area contributed by atoms with Crippen molar-refractivity contribution >= 4 is 29.8 Å². The lowest BCUT2D eigenvalue weighted by Gasteiger charge is -2.48. The van der Waals surface area contributed by atoms with Crippen LogP contribution in [0.3, 0.4) is 0 Å². The van der Waals surface area contributed by atoms with Crippen LogP contribution in [0.5, 0.6) is 0 Å². The summed E-state index contributed by atoms with van der Waals surface area (Å²) in [6.45, 7) is 3.96. The molecular formula is C50H61N3O16. The number of nitrogens with one attached hydrogen (secondary N) is 2. The van der Waals surface area contributed by atoms with E-state index >= 15 is 4.79 Å². The molecular weight excluding hydrogens is 899 g/mol. The standard InChI is InChI=1S/C50H61N3O16/c1-48(2,3)66-37(57)21-20-33(27-54)52-36(56)22-23-51-47(62)49-25-34-41-42(68-50(67-41,31-16-6-4-7-17-31)32-18-8-5-9-19-32)44(49)69-53(43(49)45(61)64-34)26-30-14-11-10-13-29(30)15-12-24-63-46-40(60)39(59)38(58)35(28-55)65-46/h4-19,33-35,38-44,46,54-55,58-60H,20-28H2,1-3H3,(H,51,62)(H,52,56). The van der Waals surface area contributed by atoms with Crippen LogP contribution in [0.4, 0.5) is 0 Å². The van der Waals surface area contributed by atoms with Crippen molar-refractivity contribution in [3.05, 3.63) is 113 Å². The highest BCUT2D eigenvalue weighted by Gasteiger charge is 2.76. The van der Waals surface area contributed by atoms with Crippen LogP contribution in [-0.4, -0.2) is 154 Å². The molecule has 0 spiro atoms.